The first-order chi connectivity index (χ1) is 9.70. The number of hydrogen-bond acceptors (Lipinski definition) is 3. The molecule has 1 fully saturated rings. The van der Waals surface area contributed by atoms with E-state index in [1.165, 1.54) is 0 Å². The van der Waals surface area contributed by atoms with E-state index in [2.05, 4.69) is 17.5 Å². The van der Waals surface area contributed by atoms with E-state index in [1.807, 2.05) is 6.07 Å². The Morgan fingerprint density at radius 1 is 1.25 bits per heavy atom. The van der Waals surface area contributed by atoms with Gasteiger partial charge in [-0.3, -0.25) is 4.79 Å². The van der Waals surface area contributed by atoms with Crippen molar-refractivity contribution < 1.29 is 4.79 Å². The number of benzene rings is 1. The van der Waals surface area contributed by atoms with Crippen molar-refractivity contribution in [3.05, 3.63) is 35.4 Å². The molecular formula is C16H17N3O. The molecule has 0 unspecified atom stereocenters. The molecule has 102 valence electrons. The molecule has 1 aromatic carbocycles. The van der Waals surface area contributed by atoms with E-state index in [-0.39, 0.29) is 5.91 Å². The molecule has 1 N–H and O–H groups in total. The van der Waals surface area contributed by atoms with Crippen molar-refractivity contribution in [1.82, 2.24) is 5.32 Å². The van der Waals surface area contributed by atoms with Crippen molar-refractivity contribution in [3.63, 3.8) is 0 Å². The minimum atomic E-state index is -0.856. The van der Waals surface area contributed by atoms with Crippen LogP contribution in [0.15, 0.2) is 24.3 Å². The first-order valence-electron chi connectivity index (χ1n) is 6.89. The Morgan fingerprint density at radius 2 is 2.00 bits per heavy atom. The minimum Gasteiger partial charge on any atom is -0.351 e. The highest BCUT2D eigenvalue weighted by Gasteiger charge is 2.39. The van der Waals surface area contributed by atoms with E-state index in [9.17, 15) is 10.1 Å². The van der Waals surface area contributed by atoms with E-state index < -0.39 is 5.41 Å². The zero-order chi connectivity index (χ0) is 14.4. The number of carbonyl (C=O) groups is 1. The van der Waals surface area contributed by atoms with Crippen molar-refractivity contribution in [2.45, 2.75) is 38.6 Å². The molecule has 0 heterocycles. The van der Waals surface area contributed by atoms with Crippen LogP contribution in [0.2, 0.25) is 0 Å². The van der Waals surface area contributed by atoms with Crippen molar-refractivity contribution in [2.75, 3.05) is 0 Å². The molecule has 4 nitrogen and oxygen atoms in total. The third-order valence-electron chi connectivity index (χ3n) is 3.86. The van der Waals surface area contributed by atoms with Crippen LogP contribution < -0.4 is 5.32 Å². The van der Waals surface area contributed by atoms with Crippen LogP contribution in [0.1, 0.15) is 43.2 Å². The van der Waals surface area contributed by atoms with Crippen molar-refractivity contribution in [1.29, 1.82) is 10.5 Å². The monoisotopic (exact) mass is 267 g/mol. The molecule has 4 heteroatoms. The van der Waals surface area contributed by atoms with Crippen LogP contribution in [0.25, 0.3) is 0 Å². The first-order valence-corrected chi connectivity index (χ1v) is 6.89. The second-order valence-corrected chi connectivity index (χ2v) is 5.25. The van der Waals surface area contributed by atoms with Gasteiger partial charge in [0.25, 0.3) is 0 Å². The lowest BCUT2D eigenvalue weighted by Crippen LogP contribution is -2.41. The van der Waals surface area contributed by atoms with Crippen LogP contribution in [0.4, 0.5) is 0 Å². The van der Waals surface area contributed by atoms with Crippen LogP contribution in [0, 0.1) is 28.1 Å². The fraction of sp³-hybridized carbons (Fsp3) is 0.438. The van der Waals surface area contributed by atoms with Crippen LogP contribution in [0.5, 0.6) is 0 Å². The van der Waals surface area contributed by atoms with Crippen LogP contribution in [-0.4, -0.2) is 5.91 Å². The number of nitriles is 2. The van der Waals surface area contributed by atoms with Gasteiger partial charge in [0, 0.05) is 6.54 Å². The zero-order valence-electron chi connectivity index (χ0n) is 11.4. The Morgan fingerprint density at radius 3 is 2.65 bits per heavy atom. The Bertz CT molecular complexity index is 574. The average Bonchev–Trinajstić information content (AvgIpc) is 2.53. The summed E-state index contributed by atoms with van der Waals surface area (Å²) in [4.78, 5) is 12.3. The summed E-state index contributed by atoms with van der Waals surface area (Å²) in [5.74, 6) is -0.179. The number of nitrogens with zero attached hydrogens (tertiary/aromatic N) is 2. The molecule has 0 bridgehead atoms. The molecule has 0 spiro atoms. The summed E-state index contributed by atoms with van der Waals surface area (Å²) in [6.45, 7) is 0.359. The zero-order valence-corrected chi connectivity index (χ0v) is 11.4. The topological polar surface area (TPSA) is 76.7 Å². The summed E-state index contributed by atoms with van der Waals surface area (Å²) in [6.07, 6.45) is 4.26. The Balaban J connectivity index is 2.01. The summed E-state index contributed by atoms with van der Waals surface area (Å²) >= 11 is 0. The van der Waals surface area contributed by atoms with E-state index in [0.717, 1.165) is 24.8 Å². The van der Waals surface area contributed by atoms with Gasteiger partial charge in [-0.2, -0.15) is 10.5 Å². The number of nitrogens with one attached hydrogen (secondary N) is 1. The molecule has 0 aliphatic heterocycles. The van der Waals surface area contributed by atoms with E-state index >= 15 is 0 Å². The predicted molar refractivity (Wildman–Crippen MR) is 74.1 cm³/mol. The summed E-state index contributed by atoms with van der Waals surface area (Å²) in [7, 11) is 0. The van der Waals surface area contributed by atoms with E-state index in [0.29, 0.717) is 24.9 Å². The first kappa shape index (κ1) is 14.1. The third kappa shape index (κ3) is 2.97. The second-order valence-electron chi connectivity index (χ2n) is 5.25. The molecule has 0 radical (unpaired) electrons. The molecule has 1 amide bonds. The number of hydrogen-bond donors (Lipinski definition) is 1. The molecule has 0 aromatic heterocycles. The Kier molecular flexibility index (Phi) is 4.38. The largest absolute Gasteiger partial charge is 0.351 e. The lowest BCUT2D eigenvalue weighted by atomic mass is 9.74. The van der Waals surface area contributed by atoms with Gasteiger partial charge in [0.15, 0.2) is 0 Å². The standard InChI is InChI=1S/C16H17N3O/c17-10-13-5-4-6-14(9-13)11-19-15(20)16(12-18)7-2-1-3-8-16/h4-6,9H,1-3,7-8,11H2,(H,19,20). The van der Waals surface area contributed by atoms with Gasteiger partial charge in [-0.15, -0.1) is 0 Å². The lowest BCUT2D eigenvalue weighted by Gasteiger charge is -2.29. The Hall–Kier alpha value is -2.33. The van der Waals surface area contributed by atoms with Gasteiger partial charge in [-0.1, -0.05) is 31.4 Å². The normalized spacial score (nSPS) is 16.7. The van der Waals surface area contributed by atoms with Gasteiger partial charge in [0.2, 0.25) is 5.91 Å². The molecule has 1 aliphatic rings. The molecule has 1 aliphatic carbocycles. The van der Waals surface area contributed by atoms with Crippen LogP contribution in [0.3, 0.4) is 0 Å². The molecule has 20 heavy (non-hydrogen) atoms. The van der Waals surface area contributed by atoms with Gasteiger partial charge < -0.3 is 5.32 Å². The van der Waals surface area contributed by atoms with Crippen molar-refractivity contribution in [2.24, 2.45) is 5.41 Å². The van der Waals surface area contributed by atoms with Gasteiger partial charge in [0.1, 0.15) is 5.41 Å². The van der Waals surface area contributed by atoms with E-state index in [1.54, 1.807) is 18.2 Å². The smallest absolute Gasteiger partial charge is 0.240 e. The van der Waals surface area contributed by atoms with Crippen molar-refractivity contribution in [3.8, 4) is 12.1 Å². The van der Waals surface area contributed by atoms with Gasteiger partial charge >= 0.3 is 0 Å². The highest BCUT2D eigenvalue weighted by Crippen LogP contribution is 2.35. The maximum atomic E-state index is 12.3. The summed E-state index contributed by atoms with van der Waals surface area (Å²) in [5, 5.41) is 21.0. The maximum absolute atomic E-state index is 12.3. The van der Waals surface area contributed by atoms with Gasteiger partial charge in [0.05, 0.1) is 17.7 Å². The molecular weight excluding hydrogens is 250 g/mol. The number of rotatable bonds is 3. The fourth-order valence-electron chi connectivity index (χ4n) is 2.65. The lowest BCUT2D eigenvalue weighted by molar-refractivity contribution is -0.129. The maximum Gasteiger partial charge on any atom is 0.240 e. The van der Waals surface area contributed by atoms with Crippen LogP contribution in [-0.2, 0) is 11.3 Å². The highest BCUT2D eigenvalue weighted by atomic mass is 16.2. The SMILES string of the molecule is N#Cc1cccc(CNC(=O)C2(C#N)CCCCC2)c1. The summed E-state index contributed by atoms with van der Waals surface area (Å²) in [6, 6.07) is 11.4. The van der Waals surface area contributed by atoms with Gasteiger partial charge in [-0.25, -0.2) is 0 Å². The van der Waals surface area contributed by atoms with E-state index in [4.69, 9.17) is 5.26 Å². The molecule has 2 rings (SSSR count). The third-order valence-corrected chi connectivity index (χ3v) is 3.86. The predicted octanol–water partition coefficient (Wildman–Crippen LogP) is 2.65. The number of amides is 1. The van der Waals surface area contributed by atoms with Crippen LogP contribution >= 0.6 is 0 Å². The average molecular weight is 267 g/mol. The molecule has 1 aromatic rings. The molecule has 1 saturated carbocycles. The molecule has 0 atom stereocenters. The van der Waals surface area contributed by atoms with Crippen molar-refractivity contribution >= 4 is 5.91 Å². The number of carbonyl (C=O) groups excluding carboxylic acids is 1. The van der Waals surface area contributed by atoms with Gasteiger partial charge in [-0.05, 0) is 30.5 Å². The minimum absolute atomic E-state index is 0.179. The Labute approximate surface area is 119 Å². The fourth-order valence-corrected chi connectivity index (χ4v) is 2.65. The summed E-state index contributed by atoms with van der Waals surface area (Å²) in [5.41, 5.74) is 0.594. The quantitative estimate of drug-likeness (QED) is 0.914. The molecule has 0 saturated heterocycles. The highest BCUT2D eigenvalue weighted by molar-refractivity contribution is 5.85. The summed E-state index contributed by atoms with van der Waals surface area (Å²) < 4.78 is 0. The second kappa shape index (κ2) is 6.21.